The molecule has 20 heavy (non-hydrogen) atoms. The Kier molecular flexibility index (Phi) is 3.74. The maximum Gasteiger partial charge on any atom is 0.332 e. The molecule has 0 aromatic heterocycles. The molecule has 2 atom stereocenters. The van der Waals surface area contributed by atoms with Crippen molar-refractivity contribution in [2.45, 2.75) is 25.2 Å². The first-order valence-electron chi connectivity index (χ1n) is 6.37. The van der Waals surface area contributed by atoms with E-state index in [2.05, 4.69) is 10.5 Å². The molecule has 6 heteroatoms. The molecule has 1 aromatic rings. The maximum absolute atomic E-state index is 11.7. The van der Waals surface area contributed by atoms with Crippen molar-refractivity contribution in [1.82, 2.24) is 5.43 Å². The number of nitrogens with zero attached hydrogens (tertiary/aromatic N) is 1. The fourth-order valence-electron chi connectivity index (χ4n) is 2.85. The van der Waals surface area contributed by atoms with Gasteiger partial charge in [-0.2, -0.15) is 5.10 Å². The van der Waals surface area contributed by atoms with E-state index in [0.717, 1.165) is 0 Å². The second kappa shape index (κ2) is 5.32. The molecule has 2 rings (SSSR count). The molecule has 1 aliphatic carbocycles. The molecule has 0 saturated heterocycles. The third kappa shape index (κ3) is 2.24. The largest absolute Gasteiger partial charge is 0.549 e. The lowest BCUT2D eigenvalue weighted by Gasteiger charge is -2.35. The lowest BCUT2D eigenvalue weighted by Crippen LogP contribution is -2.48. The summed E-state index contributed by atoms with van der Waals surface area (Å²) in [5.74, 6) is -1.50. The summed E-state index contributed by atoms with van der Waals surface area (Å²) in [7, 11) is 0. The van der Waals surface area contributed by atoms with Gasteiger partial charge in [0, 0.05) is 17.0 Å². The molecule has 106 valence electrons. The van der Waals surface area contributed by atoms with E-state index in [4.69, 9.17) is 5.73 Å². The van der Waals surface area contributed by atoms with Gasteiger partial charge in [0.15, 0.2) is 0 Å². The van der Waals surface area contributed by atoms with Crippen LogP contribution in [0.4, 0.5) is 4.79 Å². The summed E-state index contributed by atoms with van der Waals surface area (Å²) >= 11 is 0. The van der Waals surface area contributed by atoms with E-state index in [9.17, 15) is 14.7 Å². The Morgan fingerprint density at radius 3 is 2.60 bits per heavy atom. The number of nitrogens with one attached hydrogen (secondary N) is 1. The average molecular weight is 274 g/mol. The highest BCUT2D eigenvalue weighted by atomic mass is 16.4. The number of primary amides is 1. The van der Waals surface area contributed by atoms with Gasteiger partial charge in [-0.3, -0.25) is 0 Å². The van der Waals surface area contributed by atoms with Crippen molar-refractivity contribution >= 4 is 17.7 Å². The third-order valence-corrected chi connectivity index (χ3v) is 3.98. The number of nitrogens with two attached hydrogens (primary N) is 1. The number of rotatable bonds is 3. The summed E-state index contributed by atoms with van der Waals surface area (Å²) in [6.45, 7) is 1.78. The van der Waals surface area contributed by atoms with Crippen LogP contribution in [0.2, 0.25) is 0 Å². The molecule has 0 bridgehead atoms. The predicted molar refractivity (Wildman–Crippen MR) is 71.7 cm³/mol. The first kappa shape index (κ1) is 14.0. The van der Waals surface area contributed by atoms with Gasteiger partial charge in [-0.25, -0.2) is 10.2 Å². The molecule has 0 unspecified atom stereocenters. The third-order valence-electron chi connectivity index (χ3n) is 3.98. The van der Waals surface area contributed by atoms with Crippen molar-refractivity contribution in [2.24, 2.45) is 16.8 Å². The Hall–Kier alpha value is -2.37. The summed E-state index contributed by atoms with van der Waals surface area (Å²) in [5, 5.41) is 15.6. The molecule has 6 nitrogen and oxygen atoms in total. The van der Waals surface area contributed by atoms with Gasteiger partial charge < -0.3 is 15.6 Å². The molecular formula is C14H16N3O3-. The Morgan fingerprint density at radius 1 is 1.40 bits per heavy atom. The van der Waals surface area contributed by atoms with Crippen molar-refractivity contribution in [2.75, 3.05) is 0 Å². The van der Waals surface area contributed by atoms with Gasteiger partial charge >= 0.3 is 6.03 Å². The van der Waals surface area contributed by atoms with E-state index in [1.165, 1.54) is 0 Å². The van der Waals surface area contributed by atoms with Crippen molar-refractivity contribution < 1.29 is 14.7 Å². The standard InChI is InChI=1S/C14H17N3O3/c1-9-11(16-17-13(15)20)7-8-14(9,12(18)19)10-5-3-2-4-6-10/h2-6,9H,7-8H2,1H3,(H,18,19)(H3,15,17,20)/p-1/b16-11+/t9-,14+/m1/s1. The number of benzene rings is 1. The number of carboxylic acids is 1. The van der Waals surface area contributed by atoms with Crippen molar-refractivity contribution in [3.05, 3.63) is 35.9 Å². The monoisotopic (exact) mass is 274 g/mol. The zero-order chi connectivity index (χ0) is 14.8. The minimum Gasteiger partial charge on any atom is -0.549 e. The number of carbonyl (C=O) groups excluding carboxylic acids is 2. The highest BCUT2D eigenvalue weighted by Gasteiger charge is 2.46. The normalized spacial score (nSPS) is 27.4. The van der Waals surface area contributed by atoms with Crippen LogP contribution in [0.15, 0.2) is 35.4 Å². The van der Waals surface area contributed by atoms with Crippen LogP contribution >= 0.6 is 0 Å². The van der Waals surface area contributed by atoms with Crippen LogP contribution in [0.5, 0.6) is 0 Å². The fraction of sp³-hybridized carbons (Fsp3) is 0.357. The first-order chi connectivity index (χ1) is 9.48. The number of amides is 2. The highest BCUT2D eigenvalue weighted by Crippen LogP contribution is 2.43. The van der Waals surface area contributed by atoms with Crippen LogP contribution in [-0.2, 0) is 10.2 Å². The number of aliphatic carboxylic acids is 1. The number of hydrogen-bond acceptors (Lipinski definition) is 4. The smallest absolute Gasteiger partial charge is 0.332 e. The lowest BCUT2D eigenvalue weighted by molar-refractivity contribution is -0.314. The van der Waals surface area contributed by atoms with E-state index in [0.29, 0.717) is 24.1 Å². The molecule has 0 aliphatic heterocycles. The van der Waals surface area contributed by atoms with Crippen LogP contribution in [0.25, 0.3) is 0 Å². The highest BCUT2D eigenvalue weighted by molar-refractivity contribution is 5.98. The van der Waals surface area contributed by atoms with Crippen LogP contribution < -0.4 is 16.3 Å². The molecule has 1 aromatic carbocycles. The molecule has 0 heterocycles. The fourth-order valence-corrected chi connectivity index (χ4v) is 2.85. The van der Waals surface area contributed by atoms with Gasteiger partial charge in [0.25, 0.3) is 0 Å². The van der Waals surface area contributed by atoms with E-state index < -0.39 is 17.4 Å². The van der Waals surface area contributed by atoms with E-state index in [-0.39, 0.29) is 5.92 Å². The summed E-state index contributed by atoms with van der Waals surface area (Å²) in [4.78, 5) is 22.4. The molecule has 3 N–H and O–H groups in total. The van der Waals surface area contributed by atoms with Gasteiger partial charge in [-0.15, -0.1) is 0 Å². The second-order valence-corrected chi connectivity index (χ2v) is 4.93. The number of carbonyl (C=O) groups is 2. The Labute approximate surface area is 116 Å². The van der Waals surface area contributed by atoms with Crippen LogP contribution in [0.3, 0.4) is 0 Å². The molecule has 1 fully saturated rings. The molecule has 2 amide bonds. The SMILES string of the molecule is C[C@@H]1/C(=N/NC(N)=O)CC[C@@]1(C(=O)[O-])c1ccccc1. The van der Waals surface area contributed by atoms with E-state index >= 15 is 0 Å². The van der Waals surface area contributed by atoms with Gasteiger partial charge in [-0.1, -0.05) is 37.3 Å². The average Bonchev–Trinajstić information content (AvgIpc) is 2.75. The van der Waals surface area contributed by atoms with Gasteiger partial charge in [0.1, 0.15) is 0 Å². The zero-order valence-electron chi connectivity index (χ0n) is 11.1. The van der Waals surface area contributed by atoms with Gasteiger partial charge in [0.2, 0.25) is 0 Å². The lowest BCUT2D eigenvalue weighted by atomic mass is 9.73. The number of hydrazone groups is 1. The topological polar surface area (TPSA) is 108 Å². The molecule has 0 spiro atoms. The molecule has 1 saturated carbocycles. The summed E-state index contributed by atoms with van der Waals surface area (Å²) < 4.78 is 0. The summed E-state index contributed by atoms with van der Waals surface area (Å²) in [5.41, 5.74) is 7.32. The van der Waals surface area contributed by atoms with Gasteiger partial charge in [0.05, 0.1) is 5.97 Å². The Bertz CT molecular complexity index is 556. The Morgan fingerprint density at radius 2 is 2.05 bits per heavy atom. The van der Waals surface area contributed by atoms with Crippen molar-refractivity contribution in [3.8, 4) is 0 Å². The molecule has 1 aliphatic rings. The van der Waals surface area contributed by atoms with Crippen molar-refractivity contribution in [1.29, 1.82) is 0 Å². The second-order valence-electron chi connectivity index (χ2n) is 4.93. The van der Waals surface area contributed by atoms with Crippen molar-refractivity contribution in [3.63, 3.8) is 0 Å². The summed E-state index contributed by atoms with van der Waals surface area (Å²) in [6.07, 6.45) is 0.865. The predicted octanol–water partition coefficient (Wildman–Crippen LogP) is 0.129. The van der Waals surface area contributed by atoms with Crippen LogP contribution in [-0.4, -0.2) is 17.7 Å². The number of hydrogen-bond donors (Lipinski definition) is 2. The maximum atomic E-state index is 11.7. The quantitative estimate of drug-likeness (QED) is 0.765. The number of carboxylic acid groups (broad SMARTS) is 1. The van der Waals surface area contributed by atoms with E-state index in [1.807, 2.05) is 6.07 Å². The molecular weight excluding hydrogens is 258 g/mol. The van der Waals surface area contributed by atoms with E-state index in [1.54, 1.807) is 31.2 Å². The Balaban J connectivity index is 2.39. The first-order valence-corrected chi connectivity index (χ1v) is 6.37. The summed E-state index contributed by atoms with van der Waals surface area (Å²) in [6, 6.07) is 8.20. The van der Waals surface area contributed by atoms with Crippen LogP contribution in [0.1, 0.15) is 25.3 Å². The van der Waals surface area contributed by atoms with Crippen LogP contribution in [0, 0.1) is 5.92 Å². The molecule has 0 radical (unpaired) electrons. The minimum atomic E-state index is -1.12. The zero-order valence-corrected chi connectivity index (χ0v) is 11.1. The minimum absolute atomic E-state index is 0.373. The number of urea groups is 1. The van der Waals surface area contributed by atoms with Gasteiger partial charge in [-0.05, 0) is 18.4 Å².